The third-order valence-electron chi connectivity index (χ3n) is 7.01. The van der Waals surface area contributed by atoms with Crippen LogP contribution in [-0.2, 0) is 35.1 Å². The normalized spacial score (nSPS) is 11.1. The van der Waals surface area contributed by atoms with E-state index in [2.05, 4.69) is 32.5 Å². The molecule has 0 aliphatic rings. The highest BCUT2D eigenvalue weighted by Gasteiger charge is 2.17. The average molecular weight is 688 g/mol. The van der Waals surface area contributed by atoms with Crippen molar-refractivity contribution in [2.75, 3.05) is 71.7 Å². The molecule has 0 radical (unpaired) electrons. The molecular formula is C33H49N7O9. The van der Waals surface area contributed by atoms with Crippen LogP contribution in [0, 0.1) is 0 Å². The first-order valence-electron chi connectivity index (χ1n) is 16.7. The number of carbonyl (C=O) groups is 3. The molecule has 3 rings (SSSR count). The van der Waals surface area contributed by atoms with Crippen LogP contribution in [0.5, 0.6) is 12.0 Å². The molecular weight excluding hydrogens is 638 g/mol. The van der Waals surface area contributed by atoms with E-state index in [1.807, 2.05) is 0 Å². The summed E-state index contributed by atoms with van der Waals surface area (Å²) >= 11 is 0. The first-order valence-corrected chi connectivity index (χ1v) is 16.7. The van der Waals surface area contributed by atoms with E-state index in [-0.39, 0.29) is 60.5 Å². The molecule has 16 nitrogen and oxygen atoms in total. The third kappa shape index (κ3) is 14.2. The molecule has 2 heterocycles. The molecule has 5 N–H and O–H groups in total. The summed E-state index contributed by atoms with van der Waals surface area (Å²) in [6, 6.07) is 6.92. The number of imidazole rings is 1. The molecule has 0 spiro atoms. The van der Waals surface area contributed by atoms with E-state index in [0.717, 1.165) is 18.4 Å². The smallest absolute Gasteiger partial charge is 0.320 e. The highest BCUT2D eigenvalue weighted by Crippen LogP contribution is 2.26. The van der Waals surface area contributed by atoms with Crippen molar-refractivity contribution in [3.63, 3.8) is 0 Å². The van der Waals surface area contributed by atoms with E-state index < -0.39 is 0 Å². The van der Waals surface area contributed by atoms with Gasteiger partial charge in [-0.2, -0.15) is 15.0 Å². The van der Waals surface area contributed by atoms with Crippen molar-refractivity contribution in [3.8, 4) is 12.0 Å². The van der Waals surface area contributed by atoms with Gasteiger partial charge in [0.05, 0.1) is 52.6 Å². The Labute approximate surface area is 286 Å². The van der Waals surface area contributed by atoms with Gasteiger partial charge in [-0.1, -0.05) is 25.5 Å². The molecule has 49 heavy (non-hydrogen) atoms. The zero-order chi connectivity index (χ0) is 35.3. The Hall–Kier alpha value is -4.54. The van der Waals surface area contributed by atoms with E-state index in [1.54, 1.807) is 31.2 Å². The van der Waals surface area contributed by atoms with Gasteiger partial charge in [-0.15, -0.1) is 0 Å². The fourth-order valence-corrected chi connectivity index (χ4v) is 4.41. The number of nitrogen functional groups attached to an aromatic ring is 1. The molecule has 2 aromatic heterocycles. The summed E-state index contributed by atoms with van der Waals surface area (Å²) in [5.41, 5.74) is 8.01. The third-order valence-corrected chi connectivity index (χ3v) is 7.01. The standard InChI is InChI=1S/C33H49N7O9/c1-3-5-18-49-32-38-29(34)28-30(39-32)40(33(44)37-28)23-24-8-10-25(11-9-24)31(43)36-15-7-17-46-20-22-47-21-19-45-16-6-14-35-26(41)12-13-27(42)48-4-2/h8-11H,3-7,12-23H2,1-2H3,(H,35,41)(H,36,43)(H,37,44)(H2,34,38,39). The van der Waals surface area contributed by atoms with E-state index in [1.165, 1.54) is 4.57 Å². The van der Waals surface area contributed by atoms with Crippen molar-refractivity contribution in [1.29, 1.82) is 0 Å². The molecule has 0 bridgehead atoms. The minimum Gasteiger partial charge on any atom is -0.480 e. The van der Waals surface area contributed by atoms with E-state index in [4.69, 9.17) is 29.4 Å². The van der Waals surface area contributed by atoms with Crippen LogP contribution in [0.25, 0.3) is 11.2 Å². The van der Waals surface area contributed by atoms with Crippen LogP contribution < -0.4 is 21.1 Å². The number of anilines is 1. The highest BCUT2D eigenvalue weighted by atomic mass is 16.5. The van der Waals surface area contributed by atoms with Crippen LogP contribution in [-0.4, -0.2) is 108 Å². The SMILES string of the molecule is CCCCOc1nc(N)c2nc(O)n(Cc3ccc(C(=O)NCCCOCCOCCOCCCNC(=O)CCC(=O)OCC)cc3)c2n1. The summed E-state index contributed by atoms with van der Waals surface area (Å²) in [5.74, 6) is -0.632. The molecule has 0 aliphatic carbocycles. The van der Waals surface area contributed by atoms with Gasteiger partial charge in [0.25, 0.3) is 11.9 Å². The summed E-state index contributed by atoms with van der Waals surface area (Å²) in [7, 11) is 0. The monoisotopic (exact) mass is 687 g/mol. The summed E-state index contributed by atoms with van der Waals surface area (Å²) < 4.78 is 28.4. The fraction of sp³-hybridized carbons (Fsp3) is 0.576. The van der Waals surface area contributed by atoms with Crippen LogP contribution in [0.15, 0.2) is 24.3 Å². The summed E-state index contributed by atoms with van der Waals surface area (Å²) in [6.45, 7) is 8.44. The number of hydrogen-bond acceptors (Lipinski definition) is 13. The van der Waals surface area contributed by atoms with Crippen LogP contribution in [0.1, 0.15) is 68.3 Å². The zero-order valence-corrected chi connectivity index (χ0v) is 28.4. The first-order chi connectivity index (χ1) is 23.8. The van der Waals surface area contributed by atoms with Gasteiger partial charge in [-0.3, -0.25) is 19.0 Å². The number of hydrogen-bond donors (Lipinski definition) is 4. The maximum Gasteiger partial charge on any atom is 0.320 e. The van der Waals surface area contributed by atoms with E-state index >= 15 is 0 Å². The Morgan fingerprint density at radius 2 is 1.47 bits per heavy atom. The maximum atomic E-state index is 12.6. The second-order valence-corrected chi connectivity index (χ2v) is 10.9. The lowest BCUT2D eigenvalue weighted by Crippen LogP contribution is -2.26. The Balaban J connectivity index is 1.22. The second kappa shape index (κ2) is 22.2. The highest BCUT2D eigenvalue weighted by molar-refractivity contribution is 5.94. The predicted octanol–water partition coefficient (Wildman–Crippen LogP) is 2.36. The number of nitrogens with zero attached hydrogens (tertiary/aromatic N) is 4. The molecule has 3 aromatic rings. The number of carbonyl (C=O) groups excluding carboxylic acids is 3. The molecule has 0 saturated carbocycles. The van der Waals surface area contributed by atoms with Gasteiger partial charge in [0, 0.05) is 38.3 Å². The Kier molecular flexibility index (Phi) is 17.6. The van der Waals surface area contributed by atoms with Crippen molar-refractivity contribution in [3.05, 3.63) is 35.4 Å². The number of aromatic nitrogens is 4. The van der Waals surface area contributed by atoms with Crippen molar-refractivity contribution < 1.29 is 43.2 Å². The van der Waals surface area contributed by atoms with Crippen LogP contribution in [0.3, 0.4) is 0 Å². The minimum absolute atomic E-state index is 0.0801. The molecule has 0 aliphatic heterocycles. The number of nitrogens with two attached hydrogens (primary N) is 1. The molecule has 0 unspecified atom stereocenters. The number of ether oxygens (including phenoxy) is 5. The molecule has 0 saturated heterocycles. The van der Waals surface area contributed by atoms with Crippen molar-refractivity contribution in [2.24, 2.45) is 0 Å². The Morgan fingerprint density at radius 1 is 0.816 bits per heavy atom. The Bertz CT molecular complexity index is 1450. The van der Waals surface area contributed by atoms with Gasteiger partial charge in [0.1, 0.15) is 0 Å². The Morgan fingerprint density at radius 3 is 2.12 bits per heavy atom. The number of aromatic hydroxyl groups is 1. The summed E-state index contributed by atoms with van der Waals surface area (Å²) in [5, 5.41) is 16.1. The van der Waals surface area contributed by atoms with Crippen molar-refractivity contribution >= 4 is 34.8 Å². The van der Waals surface area contributed by atoms with Gasteiger partial charge >= 0.3 is 12.0 Å². The summed E-state index contributed by atoms with van der Waals surface area (Å²) in [4.78, 5) is 48.1. The molecule has 2 amide bonds. The molecule has 0 fully saturated rings. The maximum absolute atomic E-state index is 12.6. The molecule has 16 heteroatoms. The van der Waals surface area contributed by atoms with Gasteiger partial charge in [0.15, 0.2) is 17.0 Å². The number of nitrogens with one attached hydrogen (secondary N) is 2. The van der Waals surface area contributed by atoms with E-state index in [0.29, 0.717) is 90.0 Å². The lowest BCUT2D eigenvalue weighted by Gasteiger charge is -2.09. The fourth-order valence-electron chi connectivity index (χ4n) is 4.41. The van der Waals surface area contributed by atoms with Crippen LogP contribution in [0.2, 0.25) is 0 Å². The predicted molar refractivity (Wildman–Crippen MR) is 180 cm³/mol. The molecule has 1 aromatic carbocycles. The largest absolute Gasteiger partial charge is 0.480 e. The minimum atomic E-state index is -0.372. The summed E-state index contributed by atoms with van der Waals surface area (Å²) in [6.07, 6.45) is 3.32. The van der Waals surface area contributed by atoms with E-state index in [9.17, 15) is 19.5 Å². The van der Waals surface area contributed by atoms with Crippen LogP contribution >= 0.6 is 0 Å². The molecule has 0 atom stereocenters. The lowest BCUT2D eigenvalue weighted by molar-refractivity contribution is -0.144. The number of unbranched alkanes of at least 4 members (excludes halogenated alkanes) is 1. The number of amides is 2. The number of benzene rings is 1. The zero-order valence-electron chi connectivity index (χ0n) is 28.4. The lowest BCUT2D eigenvalue weighted by atomic mass is 10.1. The quantitative estimate of drug-likeness (QED) is 0.0745. The second-order valence-electron chi connectivity index (χ2n) is 10.9. The number of esters is 1. The van der Waals surface area contributed by atoms with Gasteiger partial charge < -0.3 is 45.2 Å². The number of fused-ring (bicyclic) bond motifs is 1. The van der Waals surface area contributed by atoms with Gasteiger partial charge in [0.2, 0.25) is 5.91 Å². The number of rotatable bonds is 25. The first kappa shape index (κ1) is 38.9. The molecule has 270 valence electrons. The van der Waals surface area contributed by atoms with Gasteiger partial charge in [-0.05, 0) is 43.9 Å². The van der Waals surface area contributed by atoms with Crippen molar-refractivity contribution in [1.82, 2.24) is 30.2 Å². The van der Waals surface area contributed by atoms with Crippen LogP contribution in [0.4, 0.5) is 5.82 Å². The topological polar surface area (TPSA) is 211 Å². The van der Waals surface area contributed by atoms with Gasteiger partial charge in [-0.25, -0.2) is 0 Å². The van der Waals surface area contributed by atoms with Crippen molar-refractivity contribution in [2.45, 2.75) is 58.9 Å². The average Bonchev–Trinajstić information content (AvgIpc) is 3.40.